The molecule has 0 saturated heterocycles. The summed E-state index contributed by atoms with van der Waals surface area (Å²) in [5, 5.41) is 8.71. The van der Waals surface area contributed by atoms with Gasteiger partial charge in [-0.2, -0.15) is 0 Å². The molecule has 0 aromatic carbocycles. The average Bonchev–Trinajstić information content (AvgIpc) is 2.11. The number of nitrogens with two attached hydrogens (primary N) is 1. The lowest BCUT2D eigenvalue weighted by Gasteiger charge is -2.12. The predicted octanol–water partition coefficient (Wildman–Crippen LogP) is -1.19. The molecule has 0 radical (unpaired) electrons. The van der Waals surface area contributed by atoms with Gasteiger partial charge in [-0.1, -0.05) is 6.08 Å². The molecule has 4 N–H and O–H groups in total. The van der Waals surface area contributed by atoms with Gasteiger partial charge < -0.3 is 10.8 Å². The normalized spacial score (nSPS) is 13.0. The van der Waals surface area contributed by atoms with Gasteiger partial charge in [0, 0.05) is 6.42 Å². The van der Waals surface area contributed by atoms with Crippen LogP contribution < -0.4 is 10.5 Å². The molecule has 0 heterocycles. The van der Waals surface area contributed by atoms with E-state index in [1.807, 2.05) is 4.72 Å². The Labute approximate surface area is 93.4 Å². The Balaban J connectivity index is 4.51. The third kappa shape index (κ3) is 6.14. The van der Waals surface area contributed by atoms with Gasteiger partial charge in [-0.25, -0.2) is 13.1 Å². The topological polar surface area (TPSA) is 127 Å². The number of sulfonamides is 1. The fourth-order valence-corrected chi connectivity index (χ4v) is 2.00. The molecule has 16 heavy (non-hydrogen) atoms. The van der Waals surface area contributed by atoms with E-state index in [9.17, 15) is 18.0 Å². The quantitative estimate of drug-likeness (QED) is 0.467. The van der Waals surface area contributed by atoms with Crippen LogP contribution in [0, 0.1) is 0 Å². The summed E-state index contributed by atoms with van der Waals surface area (Å²) in [5.41, 5.74) is 4.84. The van der Waals surface area contributed by atoms with Crippen molar-refractivity contribution in [1.82, 2.24) is 4.72 Å². The van der Waals surface area contributed by atoms with Gasteiger partial charge in [-0.15, -0.1) is 6.58 Å². The van der Waals surface area contributed by atoms with Crippen LogP contribution in [0.2, 0.25) is 0 Å². The molecule has 0 unspecified atom stereocenters. The summed E-state index contributed by atoms with van der Waals surface area (Å²) in [4.78, 5) is 21.1. The molecule has 0 aliphatic carbocycles. The van der Waals surface area contributed by atoms with E-state index in [1.165, 1.54) is 0 Å². The van der Waals surface area contributed by atoms with Crippen molar-refractivity contribution < 1.29 is 23.1 Å². The molecule has 0 bridgehead atoms. The average molecular weight is 250 g/mol. The molecule has 0 aliphatic heterocycles. The summed E-state index contributed by atoms with van der Waals surface area (Å²) < 4.78 is 24.4. The van der Waals surface area contributed by atoms with Crippen LogP contribution in [0.15, 0.2) is 12.7 Å². The predicted molar refractivity (Wildman–Crippen MR) is 57.0 cm³/mol. The van der Waals surface area contributed by atoms with Crippen LogP contribution >= 0.6 is 0 Å². The van der Waals surface area contributed by atoms with E-state index in [2.05, 4.69) is 6.58 Å². The second-order valence-electron chi connectivity index (χ2n) is 3.08. The van der Waals surface area contributed by atoms with Gasteiger partial charge in [0.05, 0.1) is 5.75 Å². The lowest BCUT2D eigenvalue weighted by atomic mass is 10.2. The SMILES string of the molecule is C=CCS(=O)(=O)N[C@@H](CCC(N)=O)C(=O)O. The molecule has 92 valence electrons. The second kappa shape index (κ2) is 6.23. The van der Waals surface area contributed by atoms with Crippen LogP contribution in [0.25, 0.3) is 0 Å². The number of carboxylic acid groups (broad SMARTS) is 1. The molecule has 0 spiro atoms. The van der Waals surface area contributed by atoms with E-state index in [1.54, 1.807) is 0 Å². The van der Waals surface area contributed by atoms with Gasteiger partial charge in [-0.3, -0.25) is 9.59 Å². The van der Waals surface area contributed by atoms with Crippen molar-refractivity contribution in [3.8, 4) is 0 Å². The van der Waals surface area contributed by atoms with Crippen molar-refractivity contribution in [1.29, 1.82) is 0 Å². The number of carboxylic acids is 1. The first-order valence-corrected chi connectivity index (χ1v) is 6.05. The number of hydrogen-bond donors (Lipinski definition) is 3. The van der Waals surface area contributed by atoms with Crippen molar-refractivity contribution >= 4 is 21.9 Å². The standard InChI is InChI=1S/C8H14N2O5S/c1-2-5-16(14,15)10-6(8(12)13)3-4-7(9)11/h2,6,10H,1,3-5H2,(H2,9,11)(H,12,13)/t6-/m0/s1. The fraction of sp³-hybridized carbons (Fsp3) is 0.500. The maximum atomic E-state index is 11.2. The number of aliphatic carboxylic acids is 1. The Morgan fingerprint density at radius 2 is 2.06 bits per heavy atom. The van der Waals surface area contributed by atoms with Crippen molar-refractivity contribution in [3.63, 3.8) is 0 Å². The largest absolute Gasteiger partial charge is 0.480 e. The van der Waals surface area contributed by atoms with Gasteiger partial charge in [-0.05, 0) is 6.42 Å². The van der Waals surface area contributed by atoms with Gasteiger partial charge in [0.25, 0.3) is 0 Å². The highest BCUT2D eigenvalue weighted by atomic mass is 32.2. The third-order valence-electron chi connectivity index (χ3n) is 1.64. The minimum atomic E-state index is -3.72. The highest BCUT2D eigenvalue weighted by molar-refractivity contribution is 7.89. The van der Waals surface area contributed by atoms with Crippen LogP contribution in [0.3, 0.4) is 0 Å². The van der Waals surface area contributed by atoms with Crippen molar-refractivity contribution in [3.05, 3.63) is 12.7 Å². The highest BCUT2D eigenvalue weighted by Crippen LogP contribution is 2.00. The van der Waals surface area contributed by atoms with Crippen LogP contribution in [0.5, 0.6) is 0 Å². The minimum Gasteiger partial charge on any atom is -0.480 e. The smallest absolute Gasteiger partial charge is 0.321 e. The summed E-state index contributed by atoms with van der Waals surface area (Å²) in [6.45, 7) is 3.23. The number of hydrogen-bond acceptors (Lipinski definition) is 4. The number of amides is 1. The molecule has 0 rings (SSSR count). The van der Waals surface area contributed by atoms with Crippen LogP contribution in [0.1, 0.15) is 12.8 Å². The van der Waals surface area contributed by atoms with E-state index in [4.69, 9.17) is 10.8 Å². The summed E-state index contributed by atoms with van der Waals surface area (Å²) in [6, 6.07) is -1.35. The molecule has 0 aromatic rings. The number of nitrogens with one attached hydrogen (secondary N) is 1. The van der Waals surface area contributed by atoms with Gasteiger partial charge in [0.2, 0.25) is 15.9 Å². The molecular formula is C8H14N2O5S. The highest BCUT2D eigenvalue weighted by Gasteiger charge is 2.23. The minimum absolute atomic E-state index is 0.180. The molecule has 0 fully saturated rings. The fourth-order valence-electron chi connectivity index (χ4n) is 0.939. The third-order valence-corrected chi connectivity index (χ3v) is 2.95. The van der Waals surface area contributed by atoms with Crippen LogP contribution in [0.4, 0.5) is 0 Å². The lowest BCUT2D eigenvalue weighted by molar-refractivity contribution is -0.139. The van der Waals surface area contributed by atoms with Gasteiger partial charge >= 0.3 is 5.97 Å². The van der Waals surface area contributed by atoms with E-state index in [0.717, 1.165) is 6.08 Å². The number of rotatable bonds is 8. The zero-order valence-electron chi connectivity index (χ0n) is 8.55. The van der Waals surface area contributed by atoms with E-state index < -0.39 is 27.9 Å². The molecule has 0 saturated carbocycles. The maximum Gasteiger partial charge on any atom is 0.321 e. The van der Waals surface area contributed by atoms with Crippen molar-refractivity contribution in [2.45, 2.75) is 18.9 Å². The van der Waals surface area contributed by atoms with Crippen molar-refractivity contribution in [2.24, 2.45) is 5.73 Å². The Kier molecular flexibility index (Phi) is 5.68. The maximum absolute atomic E-state index is 11.2. The van der Waals surface area contributed by atoms with E-state index in [-0.39, 0.29) is 18.6 Å². The lowest BCUT2D eigenvalue weighted by Crippen LogP contribution is -2.42. The van der Waals surface area contributed by atoms with E-state index >= 15 is 0 Å². The molecule has 7 nitrogen and oxygen atoms in total. The molecule has 1 atom stereocenters. The molecule has 8 heteroatoms. The monoisotopic (exact) mass is 250 g/mol. The molecule has 1 amide bonds. The summed E-state index contributed by atoms with van der Waals surface area (Å²) in [5.74, 6) is -2.42. The molecule has 0 aliphatic rings. The summed E-state index contributed by atoms with van der Waals surface area (Å²) in [6.07, 6.45) is 0.754. The first kappa shape index (κ1) is 14.6. The van der Waals surface area contributed by atoms with Crippen molar-refractivity contribution in [2.75, 3.05) is 5.75 Å². The molecule has 0 aromatic heterocycles. The van der Waals surface area contributed by atoms with Crippen LogP contribution in [-0.4, -0.2) is 37.2 Å². The molecular weight excluding hydrogens is 236 g/mol. The van der Waals surface area contributed by atoms with E-state index in [0.29, 0.717) is 0 Å². The zero-order chi connectivity index (χ0) is 12.8. The number of carbonyl (C=O) groups excluding carboxylic acids is 1. The van der Waals surface area contributed by atoms with Gasteiger partial charge in [0.15, 0.2) is 0 Å². The second-order valence-corrected chi connectivity index (χ2v) is 4.88. The Bertz CT molecular complexity index is 376. The van der Waals surface area contributed by atoms with Crippen LogP contribution in [-0.2, 0) is 19.6 Å². The Morgan fingerprint density at radius 3 is 2.44 bits per heavy atom. The summed E-state index contributed by atoms with van der Waals surface area (Å²) >= 11 is 0. The summed E-state index contributed by atoms with van der Waals surface area (Å²) in [7, 11) is -3.72. The zero-order valence-corrected chi connectivity index (χ0v) is 9.37. The van der Waals surface area contributed by atoms with Gasteiger partial charge in [0.1, 0.15) is 6.04 Å². The Hall–Kier alpha value is -1.41. The number of primary amides is 1. The first-order chi connectivity index (χ1) is 7.28. The first-order valence-electron chi connectivity index (χ1n) is 4.40. The number of carbonyl (C=O) groups is 2. The Morgan fingerprint density at radius 1 is 1.50 bits per heavy atom.